The predicted octanol–water partition coefficient (Wildman–Crippen LogP) is 4.37. The van der Waals surface area contributed by atoms with Crippen LogP contribution in [-0.4, -0.2) is 25.0 Å². The zero-order valence-corrected chi connectivity index (χ0v) is 15.6. The Balaban J connectivity index is 1.77. The predicted molar refractivity (Wildman–Crippen MR) is 100 cm³/mol. The first kappa shape index (κ1) is 17.4. The minimum absolute atomic E-state index is 0.345. The fourth-order valence-electron chi connectivity index (χ4n) is 2.63. The Morgan fingerprint density at radius 1 is 0.963 bits per heavy atom. The van der Waals surface area contributed by atoms with E-state index in [4.69, 9.17) is 4.42 Å². The van der Waals surface area contributed by atoms with Gasteiger partial charge in [-0.2, -0.15) is 0 Å². The van der Waals surface area contributed by atoms with Crippen molar-refractivity contribution in [2.75, 3.05) is 0 Å². The maximum Gasteiger partial charge on any atom is 0.226 e. The van der Waals surface area contributed by atoms with Gasteiger partial charge in [-0.1, -0.05) is 41.6 Å². The van der Waals surface area contributed by atoms with Crippen LogP contribution in [0.15, 0.2) is 58.1 Å². The van der Waals surface area contributed by atoms with Crippen LogP contribution < -0.4 is 0 Å². The van der Waals surface area contributed by atoms with Crippen LogP contribution >= 0.6 is 11.8 Å². The van der Waals surface area contributed by atoms with E-state index in [9.17, 15) is 4.39 Å². The molecule has 8 heteroatoms. The summed E-state index contributed by atoms with van der Waals surface area (Å²) in [7, 11) is 0. The minimum Gasteiger partial charge on any atom is -0.425 e. The lowest BCUT2D eigenvalue weighted by Crippen LogP contribution is -2.01. The molecule has 2 aromatic heterocycles. The largest absolute Gasteiger partial charge is 0.425 e. The van der Waals surface area contributed by atoms with Gasteiger partial charge in [-0.3, -0.25) is 4.57 Å². The highest BCUT2D eigenvalue weighted by molar-refractivity contribution is 7.98. The molecule has 0 aliphatic heterocycles. The molecule has 4 aromatic rings. The van der Waals surface area contributed by atoms with Crippen molar-refractivity contribution in [2.24, 2.45) is 0 Å². The molecular weight excluding hydrogens is 365 g/mol. The van der Waals surface area contributed by atoms with Crippen LogP contribution in [0.2, 0.25) is 0 Å². The number of rotatable bonds is 5. The van der Waals surface area contributed by atoms with Crippen LogP contribution in [0, 0.1) is 19.7 Å². The fraction of sp³-hybridized carbons (Fsp3) is 0.158. The number of nitrogens with zero attached hydrogens (tertiary/aromatic N) is 5. The Kier molecular flexibility index (Phi) is 4.72. The lowest BCUT2D eigenvalue weighted by Gasteiger charge is -2.10. The number of hydrogen-bond donors (Lipinski definition) is 0. The summed E-state index contributed by atoms with van der Waals surface area (Å²) in [6, 6.07) is 14.5. The van der Waals surface area contributed by atoms with E-state index >= 15 is 0 Å². The molecule has 0 fully saturated rings. The van der Waals surface area contributed by atoms with Gasteiger partial charge in [-0.05, 0) is 31.2 Å². The molecule has 4 rings (SSSR count). The highest BCUT2D eigenvalue weighted by atomic mass is 32.2. The summed E-state index contributed by atoms with van der Waals surface area (Å²) in [6.07, 6.45) is 0. The Morgan fingerprint density at radius 3 is 2.44 bits per heavy atom. The number of aromatic nitrogens is 5. The van der Waals surface area contributed by atoms with Crippen LogP contribution in [0.25, 0.3) is 17.1 Å². The quantitative estimate of drug-likeness (QED) is 0.478. The second-order valence-electron chi connectivity index (χ2n) is 5.96. The Hall–Kier alpha value is -3.00. The van der Waals surface area contributed by atoms with Gasteiger partial charge in [0.25, 0.3) is 0 Å². The van der Waals surface area contributed by atoms with E-state index in [1.807, 2.05) is 35.8 Å². The third-order valence-electron chi connectivity index (χ3n) is 3.93. The van der Waals surface area contributed by atoms with Crippen molar-refractivity contribution in [1.29, 1.82) is 0 Å². The lowest BCUT2D eigenvalue weighted by molar-refractivity contribution is 0.485. The van der Waals surface area contributed by atoms with E-state index in [-0.39, 0.29) is 5.82 Å². The first-order valence-electron chi connectivity index (χ1n) is 8.31. The number of benzene rings is 2. The molecule has 27 heavy (non-hydrogen) atoms. The van der Waals surface area contributed by atoms with Gasteiger partial charge in [0.15, 0.2) is 11.0 Å². The molecule has 2 heterocycles. The Bertz CT molecular complexity index is 1070. The highest BCUT2D eigenvalue weighted by Gasteiger charge is 2.19. The number of hydrogen-bond acceptors (Lipinski definition) is 6. The van der Waals surface area contributed by atoms with E-state index < -0.39 is 0 Å². The maximum atomic E-state index is 14.4. The molecule has 0 atom stereocenters. The maximum absolute atomic E-state index is 14.4. The molecule has 0 saturated carbocycles. The second-order valence-corrected chi connectivity index (χ2v) is 6.90. The van der Waals surface area contributed by atoms with Gasteiger partial charge in [0.2, 0.25) is 11.8 Å². The number of thioether (sulfide) groups is 1. The highest BCUT2D eigenvalue weighted by Crippen LogP contribution is 2.30. The SMILES string of the molecule is Cc1ccc(-n2c(SCc3nnc(C)o3)nnc2-c2ccccc2F)cc1. The normalized spacial score (nSPS) is 11.1. The van der Waals surface area contributed by atoms with Crippen molar-refractivity contribution in [2.45, 2.75) is 24.8 Å². The monoisotopic (exact) mass is 381 g/mol. The molecule has 0 N–H and O–H groups in total. The molecule has 2 aromatic carbocycles. The first-order valence-corrected chi connectivity index (χ1v) is 9.29. The molecule has 0 radical (unpaired) electrons. The van der Waals surface area contributed by atoms with Crippen molar-refractivity contribution < 1.29 is 8.81 Å². The van der Waals surface area contributed by atoms with Crippen LogP contribution in [0.3, 0.4) is 0 Å². The summed E-state index contributed by atoms with van der Waals surface area (Å²) in [5, 5.41) is 17.0. The average Bonchev–Trinajstić information content (AvgIpc) is 3.27. The third-order valence-corrected chi connectivity index (χ3v) is 4.85. The lowest BCUT2D eigenvalue weighted by atomic mass is 10.2. The summed E-state index contributed by atoms with van der Waals surface area (Å²) in [5.74, 6) is 1.56. The molecule has 0 amide bonds. The van der Waals surface area contributed by atoms with Crippen molar-refractivity contribution in [1.82, 2.24) is 25.0 Å². The van der Waals surface area contributed by atoms with Crippen LogP contribution in [-0.2, 0) is 5.75 Å². The number of aryl methyl sites for hydroxylation is 2. The Morgan fingerprint density at radius 2 is 1.74 bits per heavy atom. The molecule has 0 spiro atoms. The standard InChI is InChI=1S/C19H16FN5OS/c1-12-7-9-14(10-8-12)25-18(15-5-3-4-6-16(15)20)23-24-19(25)27-11-17-22-21-13(2)26-17/h3-10H,11H2,1-2H3. The number of halogens is 1. The van der Waals surface area contributed by atoms with Crippen molar-refractivity contribution in [3.63, 3.8) is 0 Å². The van der Waals surface area contributed by atoms with Gasteiger partial charge in [-0.25, -0.2) is 4.39 Å². The van der Waals surface area contributed by atoms with E-state index in [0.29, 0.717) is 34.1 Å². The van der Waals surface area contributed by atoms with Gasteiger partial charge in [0, 0.05) is 12.6 Å². The average molecular weight is 381 g/mol. The van der Waals surface area contributed by atoms with E-state index in [2.05, 4.69) is 20.4 Å². The summed E-state index contributed by atoms with van der Waals surface area (Å²) in [6.45, 7) is 3.76. The molecule has 0 aliphatic carbocycles. The summed E-state index contributed by atoms with van der Waals surface area (Å²) in [5.41, 5.74) is 2.38. The minimum atomic E-state index is -0.345. The fourth-order valence-corrected chi connectivity index (χ4v) is 3.42. The molecule has 0 saturated heterocycles. The van der Waals surface area contributed by atoms with Gasteiger partial charge >= 0.3 is 0 Å². The Labute approximate surface area is 159 Å². The smallest absolute Gasteiger partial charge is 0.226 e. The first-order chi connectivity index (χ1) is 13.1. The van der Waals surface area contributed by atoms with Crippen molar-refractivity contribution in [3.05, 3.63) is 71.7 Å². The van der Waals surface area contributed by atoms with Gasteiger partial charge in [0.1, 0.15) is 5.82 Å². The molecule has 136 valence electrons. The summed E-state index contributed by atoms with van der Waals surface area (Å²) < 4.78 is 21.6. The zero-order chi connectivity index (χ0) is 18.8. The molecule has 6 nitrogen and oxygen atoms in total. The second kappa shape index (κ2) is 7.32. The topological polar surface area (TPSA) is 69.6 Å². The van der Waals surface area contributed by atoms with Gasteiger partial charge in [0.05, 0.1) is 11.3 Å². The van der Waals surface area contributed by atoms with E-state index in [1.54, 1.807) is 25.1 Å². The van der Waals surface area contributed by atoms with Crippen molar-refractivity contribution >= 4 is 11.8 Å². The molecule has 0 bridgehead atoms. The molecule has 0 unspecified atom stereocenters. The van der Waals surface area contributed by atoms with Crippen LogP contribution in [0.5, 0.6) is 0 Å². The van der Waals surface area contributed by atoms with E-state index in [1.165, 1.54) is 17.8 Å². The summed E-state index contributed by atoms with van der Waals surface area (Å²) in [4.78, 5) is 0. The zero-order valence-electron chi connectivity index (χ0n) is 14.8. The van der Waals surface area contributed by atoms with Crippen molar-refractivity contribution in [3.8, 4) is 17.1 Å². The van der Waals surface area contributed by atoms with E-state index in [0.717, 1.165) is 11.3 Å². The summed E-state index contributed by atoms with van der Waals surface area (Å²) >= 11 is 1.40. The van der Waals surface area contributed by atoms with Gasteiger partial charge < -0.3 is 4.42 Å². The van der Waals surface area contributed by atoms with Crippen LogP contribution in [0.1, 0.15) is 17.3 Å². The molecule has 0 aliphatic rings. The van der Waals surface area contributed by atoms with Gasteiger partial charge in [-0.15, -0.1) is 20.4 Å². The van der Waals surface area contributed by atoms with Crippen LogP contribution in [0.4, 0.5) is 4.39 Å². The third kappa shape index (κ3) is 3.61. The molecular formula is C19H16FN5OS.